The zero-order valence-corrected chi connectivity index (χ0v) is 13.9. The van der Waals surface area contributed by atoms with Gasteiger partial charge in [-0.25, -0.2) is 0 Å². The fourth-order valence-corrected chi connectivity index (χ4v) is 2.45. The SMILES string of the molecule is CN(C)CCn1ncc(Cl)c1C(=O)c1cc(Cl)ccc1Cl. The average Bonchev–Trinajstić information content (AvgIpc) is 2.79. The van der Waals surface area contributed by atoms with E-state index in [1.165, 1.54) is 12.3 Å². The van der Waals surface area contributed by atoms with Crippen LogP contribution in [0.3, 0.4) is 0 Å². The molecule has 0 saturated carbocycles. The maximum atomic E-state index is 12.7. The molecule has 0 saturated heterocycles. The summed E-state index contributed by atoms with van der Waals surface area (Å²) >= 11 is 18.1. The topological polar surface area (TPSA) is 38.1 Å². The van der Waals surface area contributed by atoms with Gasteiger partial charge in [0.05, 0.1) is 22.8 Å². The van der Waals surface area contributed by atoms with Gasteiger partial charge < -0.3 is 4.90 Å². The van der Waals surface area contributed by atoms with Crippen molar-refractivity contribution in [3.8, 4) is 0 Å². The van der Waals surface area contributed by atoms with Crippen molar-refractivity contribution in [2.45, 2.75) is 6.54 Å². The lowest BCUT2D eigenvalue weighted by atomic mass is 10.1. The van der Waals surface area contributed by atoms with Crippen LogP contribution in [0, 0.1) is 0 Å². The number of aromatic nitrogens is 2. The van der Waals surface area contributed by atoms with Gasteiger partial charge in [-0.05, 0) is 32.3 Å². The van der Waals surface area contributed by atoms with Gasteiger partial charge in [0.15, 0.2) is 0 Å². The van der Waals surface area contributed by atoms with Crippen LogP contribution in [0.25, 0.3) is 0 Å². The molecule has 0 fully saturated rings. The summed E-state index contributed by atoms with van der Waals surface area (Å²) in [6.07, 6.45) is 1.46. The number of carbonyl (C=O) groups excluding carboxylic acids is 1. The molecule has 0 atom stereocenters. The van der Waals surface area contributed by atoms with E-state index in [-0.39, 0.29) is 5.78 Å². The average molecular weight is 347 g/mol. The van der Waals surface area contributed by atoms with Crippen molar-refractivity contribution >= 4 is 40.6 Å². The lowest BCUT2D eigenvalue weighted by Crippen LogP contribution is -2.21. The van der Waals surface area contributed by atoms with Gasteiger partial charge in [0.1, 0.15) is 5.69 Å². The van der Waals surface area contributed by atoms with Crippen molar-refractivity contribution in [1.29, 1.82) is 0 Å². The van der Waals surface area contributed by atoms with Crippen LogP contribution in [0.2, 0.25) is 15.1 Å². The largest absolute Gasteiger partial charge is 0.308 e. The molecule has 0 unspecified atom stereocenters. The Labute approximate surface area is 138 Å². The number of carbonyl (C=O) groups is 1. The second-order valence-corrected chi connectivity index (χ2v) is 6.07. The van der Waals surface area contributed by atoms with Crippen LogP contribution < -0.4 is 0 Å². The van der Waals surface area contributed by atoms with Gasteiger partial charge in [-0.15, -0.1) is 0 Å². The first-order valence-electron chi connectivity index (χ1n) is 6.26. The Morgan fingerprint density at radius 3 is 2.62 bits per heavy atom. The van der Waals surface area contributed by atoms with Gasteiger partial charge in [0.2, 0.25) is 5.78 Å². The summed E-state index contributed by atoms with van der Waals surface area (Å²) in [5.41, 5.74) is 0.639. The summed E-state index contributed by atoms with van der Waals surface area (Å²) in [5.74, 6) is -0.288. The van der Waals surface area contributed by atoms with Crippen LogP contribution in [0.15, 0.2) is 24.4 Å². The highest BCUT2D eigenvalue weighted by molar-refractivity contribution is 6.39. The minimum Gasteiger partial charge on any atom is -0.308 e. The molecule has 0 N–H and O–H groups in total. The monoisotopic (exact) mass is 345 g/mol. The molecule has 1 aromatic heterocycles. The first-order valence-corrected chi connectivity index (χ1v) is 7.39. The van der Waals surface area contributed by atoms with E-state index in [4.69, 9.17) is 34.8 Å². The first-order chi connectivity index (χ1) is 9.90. The first kappa shape index (κ1) is 16.3. The number of nitrogens with zero attached hydrogens (tertiary/aromatic N) is 3. The number of hydrogen-bond donors (Lipinski definition) is 0. The van der Waals surface area contributed by atoms with Crippen LogP contribution in [0.1, 0.15) is 16.1 Å². The van der Waals surface area contributed by atoms with Gasteiger partial charge in [0, 0.05) is 17.1 Å². The summed E-state index contributed by atoms with van der Waals surface area (Å²) in [7, 11) is 3.89. The molecule has 0 spiro atoms. The van der Waals surface area contributed by atoms with Crippen molar-refractivity contribution in [3.63, 3.8) is 0 Å². The molecule has 1 heterocycles. The Kier molecular flexibility index (Phi) is 5.27. The second-order valence-electron chi connectivity index (χ2n) is 4.82. The zero-order valence-electron chi connectivity index (χ0n) is 11.6. The molecule has 4 nitrogen and oxygen atoms in total. The number of ketones is 1. The molecule has 112 valence electrons. The van der Waals surface area contributed by atoms with Crippen LogP contribution in [-0.2, 0) is 6.54 Å². The van der Waals surface area contributed by atoms with E-state index in [1.807, 2.05) is 19.0 Å². The normalized spacial score (nSPS) is 11.1. The number of rotatable bonds is 5. The standard InChI is InChI=1S/C14H14Cl3N3O/c1-19(2)5-6-20-13(12(17)8-18-20)14(21)10-7-9(15)3-4-11(10)16/h3-4,7-8H,5-6H2,1-2H3. The fraction of sp³-hybridized carbons (Fsp3) is 0.286. The Bertz CT molecular complexity index is 667. The molecule has 7 heteroatoms. The third-order valence-electron chi connectivity index (χ3n) is 2.94. The number of likely N-dealkylation sites (N-methyl/N-ethyl adjacent to an activating group) is 1. The maximum absolute atomic E-state index is 12.7. The second kappa shape index (κ2) is 6.79. The van der Waals surface area contributed by atoms with E-state index in [0.717, 1.165) is 6.54 Å². The molecular formula is C14H14Cl3N3O. The van der Waals surface area contributed by atoms with Crippen LogP contribution in [0.4, 0.5) is 0 Å². The van der Waals surface area contributed by atoms with Crippen molar-refractivity contribution in [2.75, 3.05) is 20.6 Å². The quantitative estimate of drug-likeness (QED) is 0.776. The molecule has 0 bridgehead atoms. The minimum absolute atomic E-state index is 0.288. The third kappa shape index (κ3) is 3.77. The minimum atomic E-state index is -0.288. The molecule has 0 aliphatic heterocycles. The van der Waals surface area contributed by atoms with Gasteiger partial charge in [-0.1, -0.05) is 34.8 Å². The highest BCUT2D eigenvalue weighted by Gasteiger charge is 2.21. The van der Waals surface area contributed by atoms with E-state index < -0.39 is 0 Å². The Balaban J connectivity index is 2.39. The smallest absolute Gasteiger partial charge is 0.214 e. The van der Waals surface area contributed by atoms with Crippen LogP contribution >= 0.6 is 34.8 Å². The Morgan fingerprint density at radius 1 is 1.24 bits per heavy atom. The number of hydrogen-bond acceptors (Lipinski definition) is 3. The van der Waals surface area contributed by atoms with Gasteiger partial charge in [-0.2, -0.15) is 5.10 Å². The van der Waals surface area contributed by atoms with Gasteiger partial charge >= 0.3 is 0 Å². The summed E-state index contributed by atoms with van der Waals surface area (Å²) in [5, 5.41) is 5.23. The van der Waals surface area contributed by atoms with Gasteiger partial charge in [0.25, 0.3) is 0 Å². The predicted octanol–water partition coefficient (Wildman–Crippen LogP) is 3.64. The summed E-state index contributed by atoms with van der Waals surface area (Å²) in [6.45, 7) is 1.29. The van der Waals surface area contributed by atoms with Crippen LogP contribution in [0.5, 0.6) is 0 Å². The third-order valence-corrected chi connectivity index (χ3v) is 3.78. The van der Waals surface area contributed by atoms with E-state index >= 15 is 0 Å². The number of benzene rings is 1. The molecule has 2 aromatic rings. The molecular weight excluding hydrogens is 333 g/mol. The molecule has 21 heavy (non-hydrogen) atoms. The van der Waals surface area contributed by atoms with Crippen molar-refractivity contribution in [2.24, 2.45) is 0 Å². The summed E-state index contributed by atoms with van der Waals surface area (Å²) in [6, 6.07) is 4.75. The Hall–Kier alpha value is -1.07. The van der Waals surface area contributed by atoms with E-state index in [2.05, 4.69) is 5.10 Å². The summed E-state index contributed by atoms with van der Waals surface area (Å²) < 4.78 is 1.59. The van der Waals surface area contributed by atoms with Crippen molar-refractivity contribution in [3.05, 3.63) is 50.7 Å². The van der Waals surface area contributed by atoms with E-state index in [0.29, 0.717) is 32.9 Å². The maximum Gasteiger partial charge on any atom is 0.214 e. The molecule has 0 radical (unpaired) electrons. The van der Waals surface area contributed by atoms with Crippen LogP contribution in [-0.4, -0.2) is 41.1 Å². The molecule has 0 aliphatic rings. The van der Waals surface area contributed by atoms with Crippen molar-refractivity contribution < 1.29 is 4.79 Å². The van der Waals surface area contributed by atoms with E-state index in [1.54, 1.807) is 16.8 Å². The Morgan fingerprint density at radius 2 is 1.95 bits per heavy atom. The molecule has 1 aromatic carbocycles. The highest BCUT2D eigenvalue weighted by atomic mass is 35.5. The summed E-state index contributed by atoms with van der Waals surface area (Å²) in [4.78, 5) is 14.7. The lowest BCUT2D eigenvalue weighted by Gasteiger charge is -2.12. The van der Waals surface area contributed by atoms with Crippen molar-refractivity contribution in [1.82, 2.24) is 14.7 Å². The zero-order chi connectivity index (χ0) is 15.6. The highest BCUT2D eigenvalue weighted by Crippen LogP contribution is 2.26. The molecule has 2 rings (SSSR count). The fourth-order valence-electron chi connectivity index (χ4n) is 1.85. The van der Waals surface area contributed by atoms with E-state index in [9.17, 15) is 4.79 Å². The van der Waals surface area contributed by atoms with Gasteiger partial charge in [-0.3, -0.25) is 9.48 Å². The molecule has 0 amide bonds. The lowest BCUT2D eigenvalue weighted by molar-refractivity contribution is 0.102. The molecule has 0 aliphatic carbocycles. The number of halogens is 3. The predicted molar refractivity (Wildman–Crippen MR) is 85.7 cm³/mol.